The van der Waals surface area contributed by atoms with Crippen LogP contribution in [0, 0.1) is 0 Å². The maximum atomic E-state index is 11.7. The Balaban J connectivity index is 3.41. The smallest absolute Gasteiger partial charge is 0.316 e. The molecule has 0 heterocycles. The molecule has 0 aromatic heterocycles. The van der Waals surface area contributed by atoms with Gasteiger partial charge in [0.1, 0.15) is 24.7 Å². The molecule has 0 aliphatic heterocycles. The molecule has 1 N–H and O–H groups in total. The van der Waals surface area contributed by atoms with Crippen molar-refractivity contribution in [2.45, 2.75) is 71.1 Å². The molecule has 0 aromatic carbocycles. The maximum Gasteiger partial charge on any atom is 0.316 e. The normalized spacial score (nSPS) is 11.5. The second-order valence-electron chi connectivity index (χ2n) is 6.96. The van der Waals surface area contributed by atoms with E-state index in [0.29, 0.717) is 6.42 Å². The van der Waals surface area contributed by atoms with E-state index >= 15 is 0 Å². The van der Waals surface area contributed by atoms with Crippen molar-refractivity contribution in [3.63, 3.8) is 0 Å². The standard InChI is InChI=1S/C24H38O6S2/c1-2-3-4-5-6-7-8-9-10-11-12-13-14-15-16-17-23(27)29-18-19-30-24(28)21-32-31-20-22(25)26/h3-4,6-7,9-10H,2,5,8,11-21H2,1H3,(H,25,26)/b4-3-,7-6-,10-9-. The van der Waals surface area contributed by atoms with Crippen LogP contribution in [0.1, 0.15) is 71.1 Å². The quantitative estimate of drug-likeness (QED) is 0.0897. The van der Waals surface area contributed by atoms with E-state index in [2.05, 4.69) is 43.4 Å². The fourth-order valence-electron chi connectivity index (χ4n) is 2.50. The zero-order valence-electron chi connectivity index (χ0n) is 19.2. The summed E-state index contributed by atoms with van der Waals surface area (Å²) in [5.41, 5.74) is 0. The number of ether oxygens (including phenoxy) is 2. The number of carbonyl (C=O) groups excluding carboxylic acids is 2. The predicted octanol–water partition coefficient (Wildman–Crippen LogP) is 6.13. The van der Waals surface area contributed by atoms with E-state index in [0.717, 1.165) is 73.0 Å². The molecule has 0 fully saturated rings. The molecule has 32 heavy (non-hydrogen) atoms. The molecule has 0 spiro atoms. The average Bonchev–Trinajstić information content (AvgIpc) is 2.77. The SMILES string of the molecule is CC/C=C\C/C=C\C/C=C\CCCCCCCC(=O)OCCOC(=O)CSSCC(=O)O. The van der Waals surface area contributed by atoms with Gasteiger partial charge in [0.2, 0.25) is 0 Å². The maximum absolute atomic E-state index is 11.7. The lowest BCUT2D eigenvalue weighted by Gasteiger charge is -2.06. The fourth-order valence-corrected chi connectivity index (χ4v) is 4.03. The van der Waals surface area contributed by atoms with Gasteiger partial charge in [-0.25, -0.2) is 0 Å². The van der Waals surface area contributed by atoms with Crippen molar-refractivity contribution >= 4 is 39.5 Å². The zero-order valence-corrected chi connectivity index (χ0v) is 20.8. The number of carboxylic acids is 1. The Morgan fingerprint density at radius 3 is 1.97 bits per heavy atom. The summed E-state index contributed by atoms with van der Waals surface area (Å²) >= 11 is 0. The van der Waals surface area contributed by atoms with Gasteiger partial charge in [-0.3, -0.25) is 14.4 Å². The molecule has 0 aromatic rings. The number of unbranched alkanes of at least 4 members (excludes halogenated alkanes) is 5. The van der Waals surface area contributed by atoms with Crippen molar-refractivity contribution in [1.82, 2.24) is 0 Å². The molecule has 8 heteroatoms. The first-order valence-electron chi connectivity index (χ1n) is 11.3. The van der Waals surface area contributed by atoms with Gasteiger partial charge in [0.05, 0.1) is 0 Å². The molecule has 182 valence electrons. The Morgan fingerprint density at radius 1 is 0.719 bits per heavy atom. The van der Waals surface area contributed by atoms with Crippen LogP contribution in [0.5, 0.6) is 0 Å². The van der Waals surface area contributed by atoms with Crippen LogP contribution in [0.4, 0.5) is 0 Å². The second-order valence-corrected chi connectivity index (χ2v) is 9.42. The van der Waals surface area contributed by atoms with Crippen molar-refractivity contribution < 1.29 is 29.0 Å². The van der Waals surface area contributed by atoms with Crippen LogP contribution in [-0.4, -0.2) is 47.7 Å². The summed E-state index contributed by atoms with van der Waals surface area (Å²) in [6, 6.07) is 0. The number of rotatable bonds is 21. The van der Waals surface area contributed by atoms with Gasteiger partial charge in [0.25, 0.3) is 0 Å². The monoisotopic (exact) mass is 486 g/mol. The lowest BCUT2D eigenvalue weighted by molar-refractivity contribution is -0.150. The minimum Gasteiger partial charge on any atom is -0.481 e. The van der Waals surface area contributed by atoms with Gasteiger partial charge in [-0.1, -0.05) is 84.2 Å². The topological polar surface area (TPSA) is 89.9 Å². The Kier molecular flexibility index (Phi) is 22.7. The van der Waals surface area contributed by atoms with Crippen LogP contribution in [0.25, 0.3) is 0 Å². The summed E-state index contributed by atoms with van der Waals surface area (Å²) in [4.78, 5) is 33.4. The summed E-state index contributed by atoms with van der Waals surface area (Å²) in [6.45, 7) is 2.21. The third-order valence-corrected chi connectivity index (χ3v) is 6.18. The van der Waals surface area contributed by atoms with E-state index < -0.39 is 11.9 Å². The highest BCUT2D eigenvalue weighted by Crippen LogP contribution is 2.20. The highest BCUT2D eigenvalue weighted by Gasteiger charge is 2.07. The molecule has 0 aliphatic rings. The third-order valence-electron chi connectivity index (χ3n) is 4.08. The van der Waals surface area contributed by atoms with E-state index in [1.165, 1.54) is 6.42 Å². The van der Waals surface area contributed by atoms with E-state index in [4.69, 9.17) is 14.6 Å². The number of hydrogen-bond donors (Lipinski definition) is 1. The van der Waals surface area contributed by atoms with Crippen molar-refractivity contribution in [3.8, 4) is 0 Å². The lowest BCUT2D eigenvalue weighted by Crippen LogP contribution is -2.14. The Hall–Kier alpha value is -1.67. The molecule has 6 nitrogen and oxygen atoms in total. The highest BCUT2D eigenvalue weighted by molar-refractivity contribution is 8.77. The first kappa shape index (κ1) is 30.3. The van der Waals surface area contributed by atoms with Gasteiger partial charge in [-0.15, -0.1) is 0 Å². The minimum absolute atomic E-state index is 0.0218. The molecule has 0 unspecified atom stereocenters. The number of carbonyl (C=O) groups is 3. The zero-order chi connectivity index (χ0) is 23.7. The lowest BCUT2D eigenvalue weighted by atomic mass is 10.1. The fraction of sp³-hybridized carbons (Fsp3) is 0.625. The summed E-state index contributed by atoms with van der Waals surface area (Å²) in [5, 5.41) is 8.48. The minimum atomic E-state index is -0.926. The predicted molar refractivity (Wildman–Crippen MR) is 134 cm³/mol. The van der Waals surface area contributed by atoms with Crippen LogP contribution in [0.2, 0.25) is 0 Å². The number of hydrogen-bond acceptors (Lipinski definition) is 7. The largest absolute Gasteiger partial charge is 0.481 e. The van der Waals surface area contributed by atoms with Gasteiger partial charge in [0.15, 0.2) is 0 Å². The van der Waals surface area contributed by atoms with Gasteiger partial charge in [0, 0.05) is 6.42 Å². The van der Waals surface area contributed by atoms with Crippen LogP contribution in [0.15, 0.2) is 36.5 Å². The van der Waals surface area contributed by atoms with Crippen molar-refractivity contribution in [2.24, 2.45) is 0 Å². The van der Waals surface area contributed by atoms with Gasteiger partial charge in [-0.2, -0.15) is 0 Å². The van der Waals surface area contributed by atoms with Crippen molar-refractivity contribution in [1.29, 1.82) is 0 Å². The van der Waals surface area contributed by atoms with E-state index in [1.54, 1.807) is 0 Å². The van der Waals surface area contributed by atoms with Gasteiger partial charge >= 0.3 is 17.9 Å². The first-order chi connectivity index (χ1) is 15.6. The van der Waals surface area contributed by atoms with Crippen molar-refractivity contribution in [3.05, 3.63) is 36.5 Å². The molecule has 0 rings (SSSR count). The summed E-state index contributed by atoms with van der Waals surface area (Å²) in [6.07, 6.45) is 23.1. The molecule has 0 radical (unpaired) electrons. The number of aliphatic carboxylic acids is 1. The number of allylic oxidation sites excluding steroid dienone is 6. The Labute approximate surface area is 200 Å². The van der Waals surface area contributed by atoms with Gasteiger partial charge in [-0.05, 0) is 38.5 Å². The van der Waals surface area contributed by atoms with Crippen LogP contribution < -0.4 is 0 Å². The summed E-state index contributed by atoms with van der Waals surface area (Å²) < 4.78 is 9.97. The molecule has 0 saturated carbocycles. The van der Waals surface area contributed by atoms with Crippen LogP contribution >= 0.6 is 21.6 Å². The van der Waals surface area contributed by atoms with Crippen LogP contribution in [-0.2, 0) is 23.9 Å². The highest BCUT2D eigenvalue weighted by atomic mass is 33.1. The van der Waals surface area contributed by atoms with E-state index in [1.807, 2.05) is 0 Å². The first-order valence-corrected chi connectivity index (χ1v) is 13.8. The molecular formula is C24H38O6S2. The van der Waals surface area contributed by atoms with Crippen molar-refractivity contribution in [2.75, 3.05) is 24.7 Å². The second kappa shape index (κ2) is 24.0. The molecule has 0 amide bonds. The van der Waals surface area contributed by atoms with Crippen LogP contribution in [0.3, 0.4) is 0 Å². The average molecular weight is 487 g/mol. The Morgan fingerprint density at radius 2 is 1.28 bits per heavy atom. The third kappa shape index (κ3) is 24.6. The Bertz CT molecular complexity index is 587. The molecule has 0 bridgehead atoms. The van der Waals surface area contributed by atoms with Gasteiger partial charge < -0.3 is 14.6 Å². The number of carboxylic acid groups (broad SMARTS) is 1. The molecular weight excluding hydrogens is 448 g/mol. The summed E-state index contributed by atoms with van der Waals surface area (Å²) in [5.74, 6) is -1.65. The molecule has 0 aliphatic carbocycles. The van der Waals surface area contributed by atoms with E-state index in [9.17, 15) is 14.4 Å². The molecule has 0 saturated heterocycles. The molecule has 0 atom stereocenters. The van der Waals surface area contributed by atoms with E-state index in [-0.39, 0.29) is 30.7 Å². The number of esters is 2. The summed E-state index contributed by atoms with van der Waals surface area (Å²) in [7, 11) is 2.21.